The first kappa shape index (κ1) is 14.0. The second-order valence-electron chi connectivity index (χ2n) is 5.72. The van der Waals surface area contributed by atoms with Gasteiger partial charge in [0.15, 0.2) is 0 Å². The Labute approximate surface area is 124 Å². The number of β-amino-alcohol motifs (C(OH)–C–C–N with tert-alkyl or cyclic N) is 1. The molecule has 21 heavy (non-hydrogen) atoms. The number of likely N-dealkylation sites (tertiary alicyclic amines) is 1. The Morgan fingerprint density at radius 3 is 2.71 bits per heavy atom. The summed E-state index contributed by atoms with van der Waals surface area (Å²) >= 11 is 0. The summed E-state index contributed by atoms with van der Waals surface area (Å²) in [6.07, 6.45) is 4.72. The number of anilines is 2. The molecule has 3 N–H and O–H groups in total. The maximum Gasteiger partial charge on any atom is 0.227 e. The summed E-state index contributed by atoms with van der Waals surface area (Å²) in [5, 5.41) is 19.2. The highest BCUT2D eigenvalue weighted by molar-refractivity contribution is 5.50. The average molecular weight is 288 g/mol. The molecule has 1 aromatic heterocycles. The van der Waals surface area contributed by atoms with Gasteiger partial charge in [-0.15, -0.1) is 0 Å². The summed E-state index contributed by atoms with van der Waals surface area (Å²) in [4.78, 5) is 12.7. The molecule has 7 nitrogen and oxygen atoms in total. The van der Waals surface area contributed by atoms with E-state index in [1.807, 2.05) is 11.0 Å². The van der Waals surface area contributed by atoms with Crippen LogP contribution in [0, 0.1) is 11.3 Å². The zero-order valence-corrected chi connectivity index (χ0v) is 11.9. The van der Waals surface area contributed by atoms with Crippen molar-refractivity contribution in [3.05, 3.63) is 11.8 Å². The third-order valence-electron chi connectivity index (χ3n) is 4.33. The molecule has 0 saturated carbocycles. The molecule has 0 bridgehead atoms. The van der Waals surface area contributed by atoms with Crippen molar-refractivity contribution in [2.45, 2.75) is 31.4 Å². The summed E-state index contributed by atoms with van der Waals surface area (Å²) in [7, 11) is 0. The molecular formula is C14H20N6O. The lowest BCUT2D eigenvalue weighted by Gasteiger charge is -2.33. The van der Waals surface area contributed by atoms with Gasteiger partial charge in [0, 0.05) is 13.1 Å². The molecule has 0 aliphatic carbocycles. The van der Waals surface area contributed by atoms with Crippen LogP contribution in [0.2, 0.25) is 0 Å². The summed E-state index contributed by atoms with van der Waals surface area (Å²) in [5.74, 6) is 0.684. The number of hydrogen-bond acceptors (Lipinski definition) is 7. The first-order valence-electron chi connectivity index (χ1n) is 7.38. The molecule has 0 aromatic carbocycles. The van der Waals surface area contributed by atoms with Crippen LogP contribution in [-0.2, 0) is 0 Å². The van der Waals surface area contributed by atoms with Crippen molar-refractivity contribution >= 4 is 11.8 Å². The summed E-state index contributed by atoms with van der Waals surface area (Å²) in [6, 6.07) is 2.09. The maximum atomic E-state index is 10.3. The molecule has 1 aromatic rings. The topological polar surface area (TPSA) is 102 Å². The zero-order chi connectivity index (χ0) is 14.8. The van der Waals surface area contributed by atoms with Crippen LogP contribution in [0.1, 0.15) is 24.8 Å². The number of nitrogens with zero attached hydrogens (tertiary/aromatic N) is 5. The highest BCUT2D eigenvalue weighted by atomic mass is 16.3. The molecule has 0 amide bonds. The highest BCUT2D eigenvalue weighted by Crippen LogP contribution is 2.24. The minimum atomic E-state index is -0.399. The van der Waals surface area contributed by atoms with E-state index < -0.39 is 6.10 Å². The van der Waals surface area contributed by atoms with Crippen molar-refractivity contribution in [1.82, 2.24) is 14.9 Å². The van der Waals surface area contributed by atoms with E-state index in [0.29, 0.717) is 19.0 Å². The normalized spacial score (nSPS) is 26.8. The van der Waals surface area contributed by atoms with E-state index in [9.17, 15) is 5.11 Å². The zero-order valence-electron chi connectivity index (χ0n) is 11.9. The predicted molar refractivity (Wildman–Crippen MR) is 78.6 cm³/mol. The molecule has 2 fully saturated rings. The Hall–Kier alpha value is -1.91. The van der Waals surface area contributed by atoms with E-state index in [0.717, 1.165) is 13.1 Å². The number of rotatable bonds is 2. The average Bonchev–Trinajstić information content (AvgIpc) is 2.90. The van der Waals surface area contributed by atoms with Gasteiger partial charge in [-0.1, -0.05) is 6.42 Å². The van der Waals surface area contributed by atoms with E-state index in [1.54, 1.807) is 0 Å². The molecular weight excluding hydrogens is 268 g/mol. The number of hydrogen-bond donors (Lipinski definition) is 2. The van der Waals surface area contributed by atoms with Gasteiger partial charge in [-0.3, -0.25) is 4.90 Å². The van der Waals surface area contributed by atoms with Gasteiger partial charge in [-0.05, 0) is 25.9 Å². The molecule has 112 valence electrons. The molecule has 0 spiro atoms. The molecule has 0 unspecified atom stereocenters. The number of nitriles is 1. The SMILES string of the molecule is N#Cc1cnc(N2C[C@H](O)[C@@H](N3CCCCC3)C2)nc1N. The number of aliphatic hydroxyl groups excluding tert-OH is 1. The van der Waals surface area contributed by atoms with Crippen molar-refractivity contribution in [1.29, 1.82) is 5.26 Å². The van der Waals surface area contributed by atoms with Gasteiger partial charge < -0.3 is 15.7 Å². The largest absolute Gasteiger partial charge is 0.390 e. The molecule has 7 heteroatoms. The van der Waals surface area contributed by atoms with Gasteiger partial charge in [0.2, 0.25) is 5.95 Å². The Morgan fingerprint density at radius 1 is 1.29 bits per heavy atom. The van der Waals surface area contributed by atoms with Crippen LogP contribution in [0.3, 0.4) is 0 Å². The van der Waals surface area contributed by atoms with Crippen LogP contribution in [0.15, 0.2) is 6.20 Å². The third-order valence-corrected chi connectivity index (χ3v) is 4.33. The first-order valence-corrected chi connectivity index (χ1v) is 7.38. The Balaban J connectivity index is 1.73. The number of nitrogen functional groups attached to an aromatic ring is 1. The summed E-state index contributed by atoms with van der Waals surface area (Å²) < 4.78 is 0. The molecule has 2 aliphatic heterocycles. The second-order valence-corrected chi connectivity index (χ2v) is 5.72. The fourth-order valence-corrected chi connectivity index (χ4v) is 3.17. The Kier molecular flexibility index (Phi) is 3.90. The molecule has 0 radical (unpaired) electrons. The number of aromatic nitrogens is 2. The maximum absolute atomic E-state index is 10.3. The minimum Gasteiger partial charge on any atom is -0.390 e. The fraction of sp³-hybridized carbons (Fsp3) is 0.643. The number of nitrogens with two attached hydrogens (primary N) is 1. The van der Waals surface area contributed by atoms with E-state index in [2.05, 4.69) is 14.9 Å². The standard InChI is InChI=1S/C14H20N6O/c15-6-10-7-17-14(18-13(10)16)20-8-11(12(21)9-20)19-4-2-1-3-5-19/h7,11-12,21H,1-5,8-9H2,(H2,16,17,18)/t11-,12-/m0/s1. The molecule has 2 aliphatic rings. The van der Waals surface area contributed by atoms with Gasteiger partial charge >= 0.3 is 0 Å². The fourth-order valence-electron chi connectivity index (χ4n) is 3.17. The van der Waals surface area contributed by atoms with Gasteiger partial charge in [0.1, 0.15) is 17.5 Å². The molecule has 2 saturated heterocycles. The second kappa shape index (κ2) is 5.84. The van der Waals surface area contributed by atoms with E-state index in [4.69, 9.17) is 11.0 Å². The third kappa shape index (κ3) is 2.77. The first-order chi connectivity index (χ1) is 10.2. The number of aliphatic hydroxyl groups is 1. The quantitative estimate of drug-likeness (QED) is 0.787. The van der Waals surface area contributed by atoms with Crippen molar-refractivity contribution in [3.8, 4) is 6.07 Å². The Bertz CT molecular complexity index is 551. The van der Waals surface area contributed by atoms with Crippen molar-refractivity contribution in [2.24, 2.45) is 0 Å². The van der Waals surface area contributed by atoms with Gasteiger partial charge in [-0.2, -0.15) is 10.2 Å². The summed E-state index contributed by atoms with van der Waals surface area (Å²) in [5.41, 5.74) is 6.02. The minimum absolute atomic E-state index is 0.130. The molecule has 3 rings (SSSR count). The van der Waals surface area contributed by atoms with Gasteiger partial charge in [0.05, 0.1) is 18.3 Å². The lowest BCUT2D eigenvalue weighted by atomic mass is 10.1. The Morgan fingerprint density at radius 2 is 2.05 bits per heavy atom. The van der Waals surface area contributed by atoms with Crippen molar-refractivity contribution < 1.29 is 5.11 Å². The van der Waals surface area contributed by atoms with Crippen LogP contribution in [0.25, 0.3) is 0 Å². The number of piperidine rings is 1. The van der Waals surface area contributed by atoms with E-state index in [1.165, 1.54) is 25.5 Å². The predicted octanol–water partition coefficient (Wildman–Crippen LogP) is -0.0341. The van der Waals surface area contributed by atoms with Gasteiger partial charge in [0.25, 0.3) is 0 Å². The monoisotopic (exact) mass is 288 g/mol. The smallest absolute Gasteiger partial charge is 0.227 e. The molecule has 2 atom stereocenters. The van der Waals surface area contributed by atoms with Crippen molar-refractivity contribution in [2.75, 3.05) is 36.8 Å². The lowest BCUT2D eigenvalue weighted by Crippen LogP contribution is -2.45. The van der Waals surface area contributed by atoms with Crippen LogP contribution in [-0.4, -0.2) is 58.3 Å². The molecule has 3 heterocycles. The van der Waals surface area contributed by atoms with Crippen LogP contribution >= 0.6 is 0 Å². The van der Waals surface area contributed by atoms with Crippen LogP contribution < -0.4 is 10.6 Å². The van der Waals surface area contributed by atoms with Crippen LogP contribution in [0.4, 0.5) is 11.8 Å². The van der Waals surface area contributed by atoms with E-state index >= 15 is 0 Å². The lowest BCUT2D eigenvalue weighted by molar-refractivity contribution is 0.0706. The summed E-state index contributed by atoms with van der Waals surface area (Å²) in [6.45, 7) is 3.30. The van der Waals surface area contributed by atoms with Gasteiger partial charge in [-0.25, -0.2) is 4.98 Å². The van der Waals surface area contributed by atoms with Crippen molar-refractivity contribution in [3.63, 3.8) is 0 Å². The van der Waals surface area contributed by atoms with Crippen LogP contribution in [0.5, 0.6) is 0 Å². The highest BCUT2D eigenvalue weighted by Gasteiger charge is 2.37. The van der Waals surface area contributed by atoms with E-state index in [-0.39, 0.29) is 17.4 Å².